The van der Waals surface area contributed by atoms with Crippen molar-refractivity contribution in [2.75, 3.05) is 16.7 Å². The molecule has 2 bridgehead atoms. The van der Waals surface area contributed by atoms with E-state index in [1.165, 1.54) is 36.3 Å². The Hall–Kier alpha value is -3.13. The van der Waals surface area contributed by atoms with Gasteiger partial charge in [-0.1, -0.05) is 18.2 Å². The number of amides is 2. The maximum absolute atomic E-state index is 12.9. The highest BCUT2D eigenvalue weighted by Crippen LogP contribution is 2.53. The van der Waals surface area contributed by atoms with Crippen molar-refractivity contribution in [2.24, 2.45) is 23.7 Å². The van der Waals surface area contributed by atoms with Crippen molar-refractivity contribution in [3.8, 4) is 5.75 Å². The molecule has 2 aliphatic carbocycles. The van der Waals surface area contributed by atoms with Gasteiger partial charge in [-0.05, 0) is 54.7 Å². The number of carbonyl (C=O) groups excluding carboxylic acids is 2. The first-order valence-electron chi connectivity index (χ1n) is 9.72. The van der Waals surface area contributed by atoms with E-state index in [4.69, 9.17) is 4.74 Å². The van der Waals surface area contributed by atoms with E-state index >= 15 is 0 Å². The average molecular weight is 424 g/mol. The summed E-state index contributed by atoms with van der Waals surface area (Å²) >= 11 is 0. The van der Waals surface area contributed by atoms with Crippen molar-refractivity contribution in [3.63, 3.8) is 0 Å². The van der Waals surface area contributed by atoms with E-state index in [-0.39, 0.29) is 40.4 Å². The van der Waals surface area contributed by atoms with Crippen LogP contribution in [-0.2, 0) is 19.6 Å². The number of allylic oxidation sites excluding steroid dienone is 2. The van der Waals surface area contributed by atoms with Gasteiger partial charge >= 0.3 is 0 Å². The first kappa shape index (κ1) is 18.9. The second-order valence-corrected chi connectivity index (χ2v) is 9.53. The molecule has 1 saturated carbocycles. The summed E-state index contributed by atoms with van der Waals surface area (Å²) in [5, 5.41) is 0. The Bertz CT molecular complexity index is 1140. The molecule has 30 heavy (non-hydrogen) atoms. The molecule has 1 unspecified atom stereocenters. The predicted octanol–water partition coefficient (Wildman–Crippen LogP) is 2.81. The van der Waals surface area contributed by atoms with E-state index in [0.29, 0.717) is 17.1 Å². The molecule has 4 atom stereocenters. The van der Waals surface area contributed by atoms with Crippen LogP contribution in [0.2, 0.25) is 0 Å². The van der Waals surface area contributed by atoms with Crippen LogP contribution in [0.3, 0.4) is 0 Å². The molecule has 2 aromatic carbocycles. The third-order valence-corrected chi connectivity index (χ3v) is 7.59. The van der Waals surface area contributed by atoms with Gasteiger partial charge in [0, 0.05) is 6.07 Å². The van der Waals surface area contributed by atoms with Gasteiger partial charge in [-0.3, -0.25) is 19.2 Å². The lowest BCUT2D eigenvalue weighted by Gasteiger charge is -2.17. The van der Waals surface area contributed by atoms with Gasteiger partial charge in [0.1, 0.15) is 5.75 Å². The van der Waals surface area contributed by atoms with Crippen LogP contribution in [-0.4, -0.2) is 27.3 Å². The predicted molar refractivity (Wildman–Crippen MR) is 110 cm³/mol. The fourth-order valence-electron chi connectivity index (χ4n) is 4.83. The largest absolute Gasteiger partial charge is 0.497 e. The average Bonchev–Trinajstić information content (AvgIpc) is 3.42. The zero-order valence-corrected chi connectivity index (χ0v) is 17.0. The van der Waals surface area contributed by atoms with Gasteiger partial charge in [-0.25, -0.2) is 8.42 Å². The van der Waals surface area contributed by atoms with Gasteiger partial charge in [-0.2, -0.15) is 0 Å². The number of nitrogens with zero attached hydrogens (tertiary/aromatic N) is 1. The zero-order chi connectivity index (χ0) is 21.0. The molecular weight excluding hydrogens is 404 g/mol. The minimum absolute atomic E-state index is 0.0371. The van der Waals surface area contributed by atoms with E-state index in [2.05, 4.69) is 4.72 Å². The summed E-state index contributed by atoms with van der Waals surface area (Å²) in [5.74, 6) is -0.151. The van der Waals surface area contributed by atoms with Crippen LogP contribution in [0.1, 0.15) is 6.42 Å². The topological polar surface area (TPSA) is 92.8 Å². The first-order valence-corrected chi connectivity index (χ1v) is 11.2. The molecule has 1 saturated heterocycles. The summed E-state index contributed by atoms with van der Waals surface area (Å²) in [4.78, 5) is 27.1. The van der Waals surface area contributed by atoms with Crippen molar-refractivity contribution >= 4 is 33.2 Å². The number of benzene rings is 2. The Morgan fingerprint density at radius 3 is 2.20 bits per heavy atom. The molecule has 0 spiro atoms. The highest BCUT2D eigenvalue weighted by Gasteiger charge is 2.59. The molecule has 5 rings (SSSR count). The third kappa shape index (κ3) is 2.82. The van der Waals surface area contributed by atoms with Crippen molar-refractivity contribution in [2.45, 2.75) is 11.3 Å². The van der Waals surface area contributed by atoms with Gasteiger partial charge in [0.15, 0.2) is 0 Å². The Balaban J connectivity index is 1.38. The molecule has 7 nitrogen and oxygen atoms in total. The Morgan fingerprint density at radius 1 is 0.967 bits per heavy atom. The lowest BCUT2D eigenvalue weighted by atomic mass is 9.85. The number of anilines is 2. The molecule has 0 aromatic heterocycles. The van der Waals surface area contributed by atoms with E-state index < -0.39 is 10.0 Å². The normalized spacial score (nSPS) is 26.9. The van der Waals surface area contributed by atoms with Crippen LogP contribution in [0.5, 0.6) is 5.75 Å². The lowest BCUT2D eigenvalue weighted by molar-refractivity contribution is -0.123. The molecule has 154 valence electrons. The smallest absolute Gasteiger partial charge is 0.261 e. The number of hydrogen-bond acceptors (Lipinski definition) is 5. The summed E-state index contributed by atoms with van der Waals surface area (Å²) in [6.07, 6.45) is 4.95. The van der Waals surface area contributed by atoms with Crippen LogP contribution >= 0.6 is 0 Å². The van der Waals surface area contributed by atoms with Gasteiger partial charge in [-0.15, -0.1) is 0 Å². The molecule has 2 fully saturated rings. The maximum atomic E-state index is 12.9. The number of imide groups is 1. The molecule has 2 aromatic rings. The molecule has 2 amide bonds. The number of carbonyl (C=O) groups is 2. The van der Waals surface area contributed by atoms with Gasteiger partial charge in [0.25, 0.3) is 10.0 Å². The Labute approximate surface area is 174 Å². The number of nitrogens with one attached hydrogen (secondary N) is 1. The summed E-state index contributed by atoms with van der Waals surface area (Å²) < 4.78 is 33.0. The van der Waals surface area contributed by atoms with E-state index in [1.807, 2.05) is 12.2 Å². The maximum Gasteiger partial charge on any atom is 0.261 e. The third-order valence-electron chi connectivity index (χ3n) is 6.20. The van der Waals surface area contributed by atoms with Crippen molar-refractivity contribution < 1.29 is 22.7 Å². The molecule has 8 heteroatoms. The SMILES string of the molecule is COc1cccc(NS(=O)(=O)c2ccc(N3C(=O)[C@@H]4[C@H](C3=O)C3C=C[C@H]4C3)cc2)c1. The highest BCUT2D eigenvalue weighted by atomic mass is 32.2. The van der Waals surface area contributed by atoms with Crippen LogP contribution in [0.25, 0.3) is 0 Å². The number of ether oxygens (including phenoxy) is 1. The quantitative estimate of drug-likeness (QED) is 0.589. The number of hydrogen-bond donors (Lipinski definition) is 1. The fourth-order valence-corrected chi connectivity index (χ4v) is 5.88. The van der Waals surface area contributed by atoms with Crippen LogP contribution in [0.15, 0.2) is 65.6 Å². The fraction of sp³-hybridized carbons (Fsp3) is 0.273. The first-order chi connectivity index (χ1) is 14.4. The molecule has 3 aliphatic rings. The second-order valence-electron chi connectivity index (χ2n) is 7.84. The van der Waals surface area contributed by atoms with Crippen LogP contribution in [0.4, 0.5) is 11.4 Å². The van der Waals surface area contributed by atoms with Gasteiger partial charge in [0.2, 0.25) is 11.8 Å². The minimum atomic E-state index is -3.83. The Kier molecular flexibility index (Phi) is 4.21. The van der Waals surface area contributed by atoms with Crippen LogP contribution in [0, 0.1) is 23.7 Å². The number of methoxy groups -OCH3 is 1. The molecule has 0 radical (unpaired) electrons. The summed E-state index contributed by atoms with van der Waals surface area (Å²) in [6.45, 7) is 0. The van der Waals surface area contributed by atoms with Gasteiger partial charge < -0.3 is 4.74 Å². The summed E-state index contributed by atoms with van der Waals surface area (Å²) in [5.41, 5.74) is 0.776. The van der Waals surface area contributed by atoms with E-state index in [1.54, 1.807) is 24.3 Å². The monoisotopic (exact) mass is 424 g/mol. The van der Waals surface area contributed by atoms with Crippen LogP contribution < -0.4 is 14.4 Å². The lowest BCUT2D eigenvalue weighted by Crippen LogP contribution is -2.32. The molecular formula is C22H20N2O5S. The number of rotatable bonds is 5. The van der Waals surface area contributed by atoms with Crippen molar-refractivity contribution in [3.05, 3.63) is 60.7 Å². The highest BCUT2D eigenvalue weighted by molar-refractivity contribution is 7.92. The minimum Gasteiger partial charge on any atom is -0.497 e. The Morgan fingerprint density at radius 2 is 1.60 bits per heavy atom. The second kappa shape index (κ2) is 6.70. The van der Waals surface area contributed by atoms with Crippen molar-refractivity contribution in [1.29, 1.82) is 0 Å². The molecule has 1 N–H and O–H groups in total. The van der Waals surface area contributed by atoms with Gasteiger partial charge in [0.05, 0.1) is 35.2 Å². The number of sulfonamides is 1. The van der Waals surface area contributed by atoms with E-state index in [9.17, 15) is 18.0 Å². The molecule has 1 heterocycles. The van der Waals surface area contributed by atoms with E-state index in [0.717, 1.165) is 6.42 Å². The zero-order valence-electron chi connectivity index (χ0n) is 16.2. The standard InChI is InChI=1S/C22H20N2O5S/c1-29-17-4-2-3-15(12-17)23-30(27,28)18-9-7-16(8-10-18)24-21(25)19-13-5-6-14(11-13)20(19)22(24)26/h2-10,12-14,19-20,23H,11H2,1H3/t13-,14?,19-,20+/m0/s1. The molecule has 1 aliphatic heterocycles. The number of fused-ring (bicyclic) bond motifs is 5. The summed E-state index contributed by atoms with van der Waals surface area (Å²) in [6, 6.07) is 12.4. The van der Waals surface area contributed by atoms with Crippen molar-refractivity contribution in [1.82, 2.24) is 0 Å². The summed E-state index contributed by atoms with van der Waals surface area (Å²) in [7, 11) is -2.33.